The lowest BCUT2D eigenvalue weighted by atomic mass is 10.0. The molecule has 2 atom stereocenters. The number of carbonyl (C=O) groups excluding carboxylic acids is 2. The Kier molecular flexibility index (Phi) is 9.06. The van der Waals surface area contributed by atoms with Gasteiger partial charge < -0.3 is 10.6 Å². The molecule has 0 bridgehead atoms. The smallest absolute Gasteiger partial charge is 0.326 e. The summed E-state index contributed by atoms with van der Waals surface area (Å²) in [5.74, 6) is -7.87. The average molecular weight is 632 g/mol. The molecule has 14 heteroatoms. The van der Waals surface area contributed by atoms with Crippen molar-refractivity contribution in [3.8, 4) is 0 Å². The number of amides is 2. The van der Waals surface area contributed by atoms with Crippen LogP contribution in [0.3, 0.4) is 0 Å². The molecule has 2 unspecified atom stereocenters. The molecule has 2 aromatic rings. The van der Waals surface area contributed by atoms with Gasteiger partial charge in [0.15, 0.2) is 0 Å². The fraction of sp³-hybridized carbons (Fsp3) is 0.200. The number of hydrogen-bond donors (Lipinski definition) is 2. The zero-order valence-corrected chi connectivity index (χ0v) is 22.5. The van der Waals surface area contributed by atoms with Gasteiger partial charge in [0.25, 0.3) is 5.91 Å². The Labute approximate surface area is 238 Å². The van der Waals surface area contributed by atoms with Crippen LogP contribution in [-0.2, 0) is 11.0 Å². The third-order valence-electron chi connectivity index (χ3n) is 5.61. The van der Waals surface area contributed by atoms with E-state index in [1.807, 2.05) is 0 Å². The molecule has 39 heavy (non-hydrogen) atoms. The van der Waals surface area contributed by atoms with Crippen molar-refractivity contribution < 1.29 is 35.9 Å². The van der Waals surface area contributed by atoms with Crippen LogP contribution >= 0.6 is 46.4 Å². The molecule has 1 aliphatic carbocycles. The summed E-state index contributed by atoms with van der Waals surface area (Å²) < 4.78 is 79.1. The monoisotopic (exact) mass is 630 g/mol. The Morgan fingerprint density at radius 1 is 1.10 bits per heavy atom. The van der Waals surface area contributed by atoms with Gasteiger partial charge in [0.05, 0.1) is 32.8 Å². The summed E-state index contributed by atoms with van der Waals surface area (Å²) in [5.41, 5.74) is -2.35. The maximum Gasteiger partial charge on any atom is 0.417 e. The number of benzene rings is 2. The predicted octanol–water partition coefficient (Wildman–Crippen LogP) is 8.65. The summed E-state index contributed by atoms with van der Waals surface area (Å²) in [7, 11) is 0. The van der Waals surface area contributed by atoms with Crippen molar-refractivity contribution in [2.45, 2.75) is 23.4 Å². The van der Waals surface area contributed by atoms with Gasteiger partial charge >= 0.3 is 6.18 Å². The van der Waals surface area contributed by atoms with Crippen LogP contribution in [0.15, 0.2) is 66.4 Å². The first-order valence-electron chi connectivity index (χ1n) is 10.7. The summed E-state index contributed by atoms with van der Waals surface area (Å²) in [6.07, 6.45) is -3.37. The van der Waals surface area contributed by atoms with Crippen molar-refractivity contribution in [1.82, 2.24) is 5.32 Å². The van der Waals surface area contributed by atoms with Crippen molar-refractivity contribution in [2.75, 3.05) is 5.32 Å². The molecule has 0 radical (unpaired) electrons. The van der Waals surface area contributed by atoms with Gasteiger partial charge in [0.2, 0.25) is 5.91 Å². The molecule has 2 N–H and O–H groups in total. The Balaban J connectivity index is 1.83. The first kappa shape index (κ1) is 30.9. The third-order valence-corrected chi connectivity index (χ3v) is 7.26. The Bertz CT molecular complexity index is 1420. The largest absolute Gasteiger partial charge is 0.417 e. The minimum Gasteiger partial charge on any atom is -0.326 e. The minimum absolute atomic E-state index is 0.00206. The van der Waals surface area contributed by atoms with E-state index >= 15 is 0 Å². The molecule has 0 aliphatic heterocycles. The highest BCUT2D eigenvalue weighted by atomic mass is 35.5. The van der Waals surface area contributed by atoms with E-state index in [9.17, 15) is 35.9 Å². The van der Waals surface area contributed by atoms with E-state index in [2.05, 4.69) is 17.2 Å². The molecule has 0 heterocycles. The highest BCUT2D eigenvalue weighted by molar-refractivity contribution is 6.53. The number of alkyl halides is 5. The van der Waals surface area contributed by atoms with E-state index in [0.29, 0.717) is 18.2 Å². The van der Waals surface area contributed by atoms with Gasteiger partial charge in [-0.25, -0.2) is 13.2 Å². The second kappa shape index (κ2) is 11.4. The quantitative estimate of drug-likeness (QED) is 0.183. The molecule has 1 aliphatic rings. The van der Waals surface area contributed by atoms with Crippen LogP contribution < -0.4 is 10.6 Å². The molecule has 0 saturated heterocycles. The Morgan fingerprint density at radius 3 is 2.31 bits per heavy atom. The SMILES string of the molecule is C=C(F)/C=C(F)\C(=C/C)NC(=O)c1cc(NC(=O)C2C(c3cc(F)c(Cl)c(C(F)(F)F)c3)C2(Cl)Cl)ccc1Cl. The van der Waals surface area contributed by atoms with E-state index in [-0.39, 0.29) is 27.5 Å². The van der Waals surface area contributed by atoms with Crippen molar-refractivity contribution in [2.24, 2.45) is 5.92 Å². The van der Waals surface area contributed by atoms with Gasteiger partial charge in [-0.15, -0.1) is 23.2 Å². The van der Waals surface area contributed by atoms with Crippen LogP contribution in [0.2, 0.25) is 10.0 Å². The molecule has 3 rings (SSSR count). The molecule has 4 nitrogen and oxygen atoms in total. The fourth-order valence-corrected chi connectivity index (χ4v) is 4.98. The van der Waals surface area contributed by atoms with Crippen molar-refractivity contribution in [3.05, 3.63) is 99.0 Å². The van der Waals surface area contributed by atoms with E-state index in [1.165, 1.54) is 19.1 Å². The molecule has 1 fully saturated rings. The summed E-state index contributed by atoms with van der Waals surface area (Å²) in [4.78, 5) is 25.6. The molecule has 0 spiro atoms. The molecule has 208 valence electrons. The second-order valence-corrected chi connectivity index (χ2v) is 10.5. The lowest BCUT2D eigenvalue weighted by molar-refractivity contribution is -0.137. The number of allylic oxidation sites excluding steroid dienone is 4. The molecule has 1 saturated carbocycles. The highest BCUT2D eigenvalue weighted by Gasteiger charge is 2.68. The van der Waals surface area contributed by atoms with Gasteiger partial charge in [0.1, 0.15) is 21.8 Å². The van der Waals surface area contributed by atoms with Crippen molar-refractivity contribution in [1.29, 1.82) is 0 Å². The topological polar surface area (TPSA) is 58.2 Å². The number of anilines is 1. The number of halogens is 10. The van der Waals surface area contributed by atoms with Crippen LogP contribution in [0, 0.1) is 11.7 Å². The number of hydrogen-bond acceptors (Lipinski definition) is 2. The number of nitrogens with one attached hydrogen (secondary N) is 2. The lowest BCUT2D eigenvalue weighted by Gasteiger charge is -2.12. The van der Waals surface area contributed by atoms with E-state index in [4.69, 9.17) is 46.4 Å². The summed E-state index contributed by atoms with van der Waals surface area (Å²) >= 11 is 23.9. The fourth-order valence-electron chi connectivity index (χ4n) is 3.74. The molecule has 0 aromatic heterocycles. The van der Waals surface area contributed by atoms with Crippen LogP contribution in [0.25, 0.3) is 0 Å². The lowest BCUT2D eigenvalue weighted by Crippen LogP contribution is -2.24. The third kappa shape index (κ3) is 6.74. The van der Waals surface area contributed by atoms with Gasteiger partial charge in [-0.05, 0) is 42.8 Å². The Morgan fingerprint density at radius 2 is 1.74 bits per heavy atom. The van der Waals surface area contributed by atoms with E-state index < -0.39 is 62.2 Å². The maximum atomic E-state index is 14.1. The zero-order chi connectivity index (χ0) is 29.4. The minimum atomic E-state index is -4.98. The van der Waals surface area contributed by atoms with E-state index in [0.717, 1.165) is 12.1 Å². The zero-order valence-electron chi connectivity index (χ0n) is 19.5. The van der Waals surface area contributed by atoms with E-state index in [1.54, 1.807) is 0 Å². The first-order valence-corrected chi connectivity index (χ1v) is 12.2. The van der Waals surface area contributed by atoms with Crippen molar-refractivity contribution in [3.63, 3.8) is 0 Å². The van der Waals surface area contributed by atoms with Crippen LogP contribution in [0.4, 0.5) is 32.0 Å². The molecule has 2 amide bonds. The second-order valence-electron chi connectivity index (χ2n) is 8.27. The highest BCUT2D eigenvalue weighted by Crippen LogP contribution is 2.65. The summed E-state index contributed by atoms with van der Waals surface area (Å²) in [6.45, 7) is 4.28. The average Bonchev–Trinajstić information content (AvgIpc) is 3.40. The number of carbonyl (C=O) groups is 2. The van der Waals surface area contributed by atoms with Crippen LogP contribution in [-0.4, -0.2) is 16.1 Å². The molecular weight excluding hydrogens is 616 g/mol. The van der Waals surface area contributed by atoms with Crippen molar-refractivity contribution >= 4 is 63.9 Å². The predicted molar refractivity (Wildman–Crippen MR) is 138 cm³/mol. The maximum absolute atomic E-state index is 14.1. The molecule has 2 aromatic carbocycles. The van der Waals surface area contributed by atoms with Crippen LogP contribution in [0.5, 0.6) is 0 Å². The summed E-state index contributed by atoms with van der Waals surface area (Å²) in [6, 6.07) is 4.94. The summed E-state index contributed by atoms with van der Waals surface area (Å²) in [5, 5.41) is 3.40. The van der Waals surface area contributed by atoms with Gasteiger partial charge in [-0.1, -0.05) is 35.9 Å². The van der Waals surface area contributed by atoms with Gasteiger partial charge in [-0.2, -0.15) is 13.2 Å². The van der Waals surface area contributed by atoms with Crippen LogP contribution in [0.1, 0.15) is 34.3 Å². The van der Waals surface area contributed by atoms with Gasteiger partial charge in [-0.3, -0.25) is 9.59 Å². The Hall–Kier alpha value is -2.66. The van der Waals surface area contributed by atoms with Gasteiger partial charge in [0, 0.05) is 17.7 Å². The molecular formula is C25H16Cl4F6N2O2. The number of rotatable bonds is 7. The standard InChI is InChI=1S/C25H16Cl4F6N2O2/c1-3-18(16(31)6-10(2)30)37-22(38)13-9-12(4-5-15(13)26)36-23(39)20-19(24(20,28)29)11-7-14(25(33,34)35)21(27)17(32)8-11/h3-9,19-20H,2H2,1H3,(H,36,39)(H,37,38)/b16-6+,18-3+. The first-order chi connectivity index (χ1) is 18.0. The normalized spacial score (nSPS) is 18.9.